The maximum absolute atomic E-state index is 13.5. The number of rotatable bonds is 1. The summed E-state index contributed by atoms with van der Waals surface area (Å²) in [5.41, 5.74) is 3.26. The molecule has 0 bridgehead atoms. The second-order valence-corrected chi connectivity index (χ2v) is 5.27. The lowest BCUT2D eigenvalue weighted by molar-refractivity contribution is 0.629. The summed E-state index contributed by atoms with van der Waals surface area (Å²) < 4.78 is 15.3. The first-order chi connectivity index (χ1) is 9.83. The van der Waals surface area contributed by atoms with Crippen molar-refractivity contribution in [2.45, 2.75) is 25.7 Å². The highest BCUT2D eigenvalue weighted by Crippen LogP contribution is 2.30. The van der Waals surface area contributed by atoms with Crippen molar-refractivity contribution in [3.05, 3.63) is 48.0 Å². The van der Waals surface area contributed by atoms with Crippen molar-refractivity contribution in [1.82, 2.24) is 14.8 Å². The molecule has 0 spiro atoms. The molecule has 4 rings (SSSR count). The first-order valence-corrected chi connectivity index (χ1v) is 6.95. The van der Waals surface area contributed by atoms with Gasteiger partial charge < -0.3 is 0 Å². The standard InChI is InChI=1S/C16H14FN3/c17-13-7-6-12-8-15(11-4-2-1-3-5-11)20-16(10-18-19-20)14(12)9-13/h4,6-10H,1-3,5H2. The SMILES string of the molecule is Fc1ccc2cc(C3=CCCCC3)n3nncc3c2c1. The van der Waals surface area contributed by atoms with Gasteiger partial charge in [-0.25, -0.2) is 8.91 Å². The molecule has 0 radical (unpaired) electrons. The number of aromatic nitrogens is 3. The number of hydrogen-bond acceptors (Lipinski definition) is 2. The molecule has 0 N–H and O–H groups in total. The molecular formula is C16H14FN3. The van der Waals surface area contributed by atoms with Gasteiger partial charge in [0.25, 0.3) is 0 Å². The maximum Gasteiger partial charge on any atom is 0.123 e. The van der Waals surface area contributed by atoms with Gasteiger partial charge in [0.05, 0.1) is 17.4 Å². The van der Waals surface area contributed by atoms with Gasteiger partial charge in [0, 0.05) is 5.39 Å². The van der Waals surface area contributed by atoms with E-state index in [0.717, 1.165) is 34.8 Å². The van der Waals surface area contributed by atoms with Crippen LogP contribution in [0.15, 0.2) is 36.5 Å². The van der Waals surface area contributed by atoms with Crippen molar-refractivity contribution in [2.75, 3.05) is 0 Å². The van der Waals surface area contributed by atoms with Gasteiger partial charge in [-0.1, -0.05) is 17.4 Å². The molecule has 0 saturated carbocycles. The highest BCUT2D eigenvalue weighted by Gasteiger charge is 2.14. The fourth-order valence-electron chi connectivity index (χ4n) is 2.98. The van der Waals surface area contributed by atoms with Crippen molar-refractivity contribution < 1.29 is 4.39 Å². The maximum atomic E-state index is 13.5. The summed E-state index contributed by atoms with van der Waals surface area (Å²) in [6.45, 7) is 0. The zero-order valence-corrected chi connectivity index (χ0v) is 11.0. The van der Waals surface area contributed by atoms with Crippen LogP contribution in [0.5, 0.6) is 0 Å². The van der Waals surface area contributed by atoms with E-state index in [1.165, 1.54) is 24.5 Å². The van der Waals surface area contributed by atoms with Crippen molar-refractivity contribution in [1.29, 1.82) is 0 Å². The molecule has 1 aromatic carbocycles. The molecule has 0 atom stereocenters. The second kappa shape index (κ2) is 4.40. The summed E-state index contributed by atoms with van der Waals surface area (Å²) in [6.07, 6.45) is 8.64. The van der Waals surface area contributed by atoms with E-state index in [9.17, 15) is 4.39 Å². The van der Waals surface area contributed by atoms with Crippen LogP contribution < -0.4 is 0 Å². The monoisotopic (exact) mass is 267 g/mol. The molecule has 0 amide bonds. The topological polar surface area (TPSA) is 30.2 Å². The lowest BCUT2D eigenvalue weighted by Gasteiger charge is -2.15. The van der Waals surface area contributed by atoms with E-state index in [1.807, 2.05) is 10.6 Å². The molecule has 3 aromatic rings. The molecule has 20 heavy (non-hydrogen) atoms. The summed E-state index contributed by atoms with van der Waals surface area (Å²) in [5, 5.41) is 10.1. The van der Waals surface area contributed by atoms with Gasteiger partial charge in [-0.05, 0) is 54.8 Å². The first-order valence-electron chi connectivity index (χ1n) is 6.95. The number of pyridine rings is 1. The summed E-state index contributed by atoms with van der Waals surface area (Å²) in [6, 6.07) is 6.97. The van der Waals surface area contributed by atoms with E-state index in [-0.39, 0.29) is 5.82 Å². The Balaban J connectivity index is 2.06. The third-order valence-corrected chi connectivity index (χ3v) is 3.98. The Morgan fingerprint density at radius 1 is 1.15 bits per heavy atom. The van der Waals surface area contributed by atoms with Crippen molar-refractivity contribution >= 4 is 21.9 Å². The highest BCUT2D eigenvalue weighted by molar-refractivity contribution is 5.97. The van der Waals surface area contributed by atoms with Crippen LogP contribution in [0.3, 0.4) is 0 Å². The van der Waals surface area contributed by atoms with Crippen LogP contribution in [-0.2, 0) is 0 Å². The Morgan fingerprint density at radius 2 is 2.10 bits per heavy atom. The van der Waals surface area contributed by atoms with E-state index in [1.54, 1.807) is 12.3 Å². The summed E-state index contributed by atoms with van der Waals surface area (Å²) in [5.74, 6) is -0.231. The smallest absolute Gasteiger partial charge is 0.123 e. The Bertz CT molecular complexity index is 832. The molecule has 0 aliphatic heterocycles. The average Bonchev–Trinajstić information content (AvgIpc) is 2.97. The fourth-order valence-corrected chi connectivity index (χ4v) is 2.98. The number of nitrogens with zero attached hydrogens (tertiary/aromatic N) is 3. The van der Waals surface area contributed by atoms with Gasteiger partial charge in [-0.15, -0.1) is 5.10 Å². The molecule has 0 saturated heterocycles. The van der Waals surface area contributed by atoms with Crippen LogP contribution in [0.4, 0.5) is 4.39 Å². The van der Waals surface area contributed by atoms with Gasteiger partial charge in [-0.2, -0.15) is 0 Å². The van der Waals surface area contributed by atoms with E-state index in [0.29, 0.717) is 0 Å². The predicted octanol–water partition coefficient (Wildman–Crippen LogP) is 3.98. The number of hydrogen-bond donors (Lipinski definition) is 0. The largest absolute Gasteiger partial charge is 0.213 e. The molecular weight excluding hydrogens is 253 g/mol. The van der Waals surface area contributed by atoms with E-state index in [2.05, 4.69) is 22.5 Å². The summed E-state index contributed by atoms with van der Waals surface area (Å²) >= 11 is 0. The van der Waals surface area contributed by atoms with Gasteiger partial charge in [0.1, 0.15) is 5.82 Å². The molecule has 1 aliphatic carbocycles. The molecule has 2 aromatic heterocycles. The third-order valence-electron chi connectivity index (χ3n) is 3.98. The van der Waals surface area contributed by atoms with Gasteiger partial charge in [0.2, 0.25) is 0 Å². The minimum atomic E-state index is -0.231. The Kier molecular flexibility index (Phi) is 2.55. The predicted molar refractivity (Wildman–Crippen MR) is 76.9 cm³/mol. The van der Waals surface area contributed by atoms with Gasteiger partial charge in [0.15, 0.2) is 0 Å². The Morgan fingerprint density at radius 3 is 2.95 bits per heavy atom. The minimum absolute atomic E-state index is 0.231. The lowest BCUT2D eigenvalue weighted by Crippen LogP contribution is -2.01. The number of allylic oxidation sites excluding steroid dienone is 2. The highest BCUT2D eigenvalue weighted by atomic mass is 19.1. The van der Waals surface area contributed by atoms with Crippen molar-refractivity contribution in [3.8, 4) is 0 Å². The summed E-state index contributed by atoms with van der Waals surface area (Å²) in [4.78, 5) is 0. The van der Waals surface area contributed by atoms with Gasteiger partial charge in [-0.3, -0.25) is 0 Å². The van der Waals surface area contributed by atoms with Crippen molar-refractivity contribution in [2.24, 2.45) is 0 Å². The molecule has 2 heterocycles. The first kappa shape index (κ1) is 11.6. The van der Waals surface area contributed by atoms with Crippen LogP contribution in [0.2, 0.25) is 0 Å². The van der Waals surface area contributed by atoms with Crippen LogP contribution in [0, 0.1) is 5.82 Å². The van der Waals surface area contributed by atoms with Crippen molar-refractivity contribution in [3.63, 3.8) is 0 Å². The third kappa shape index (κ3) is 1.72. The molecule has 3 nitrogen and oxygen atoms in total. The quantitative estimate of drug-likeness (QED) is 0.667. The van der Waals surface area contributed by atoms with Crippen LogP contribution in [0.25, 0.3) is 21.9 Å². The van der Waals surface area contributed by atoms with Crippen LogP contribution in [-0.4, -0.2) is 14.8 Å². The Hall–Kier alpha value is -2.23. The zero-order valence-electron chi connectivity index (χ0n) is 11.0. The Labute approximate surface area is 115 Å². The number of benzene rings is 1. The zero-order chi connectivity index (χ0) is 13.5. The van der Waals surface area contributed by atoms with E-state index < -0.39 is 0 Å². The van der Waals surface area contributed by atoms with E-state index >= 15 is 0 Å². The lowest BCUT2D eigenvalue weighted by atomic mass is 9.95. The fraction of sp³-hybridized carbons (Fsp3) is 0.250. The molecule has 0 fully saturated rings. The second-order valence-electron chi connectivity index (χ2n) is 5.27. The summed E-state index contributed by atoms with van der Waals surface area (Å²) in [7, 11) is 0. The minimum Gasteiger partial charge on any atom is -0.213 e. The molecule has 0 unspecified atom stereocenters. The van der Waals surface area contributed by atoms with Gasteiger partial charge >= 0.3 is 0 Å². The normalized spacial score (nSPS) is 15.8. The average molecular weight is 267 g/mol. The number of halogens is 1. The molecule has 1 aliphatic rings. The molecule has 4 heteroatoms. The van der Waals surface area contributed by atoms with Crippen LogP contribution >= 0.6 is 0 Å². The van der Waals surface area contributed by atoms with E-state index in [4.69, 9.17) is 0 Å². The molecule has 100 valence electrons. The van der Waals surface area contributed by atoms with Crippen LogP contribution in [0.1, 0.15) is 31.4 Å². The number of fused-ring (bicyclic) bond motifs is 3.